The number of aliphatic hydroxyl groups excluding tert-OH is 2. The second-order valence-electron chi connectivity index (χ2n) is 12.9. The number of nitrogen functional groups attached to an aromatic ring is 1. The number of anilines is 1. The molecule has 0 radical (unpaired) electrons. The summed E-state index contributed by atoms with van der Waals surface area (Å²) in [5, 5.41) is 20.1. The largest absolute Gasteiger partial charge is 0.469 e. The number of unbranched alkanes of at least 4 members (excludes halogenated alkanes) is 6. The van der Waals surface area contributed by atoms with E-state index in [0.717, 1.165) is 0 Å². The molecule has 2 aromatic heterocycles. The summed E-state index contributed by atoms with van der Waals surface area (Å²) in [6.07, 6.45) is 12.0. The van der Waals surface area contributed by atoms with Crippen molar-refractivity contribution in [2.45, 2.75) is 143 Å². The lowest BCUT2D eigenvalue weighted by molar-refractivity contribution is -0.0503. The normalized spacial score (nSPS) is 19.1. The fraction of sp³-hybridized carbons (Fsp3) is 0.853. The summed E-state index contributed by atoms with van der Waals surface area (Å²) in [5.74, 6) is -0.177. The minimum absolute atomic E-state index is 0.0176. The molecule has 15 nitrogen and oxygen atoms in total. The zero-order valence-electron chi connectivity index (χ0n) is 31.5. The predicted molar refractivity (Wildman–Crippen MR) is 199 cm³/mol. The van der Waals surface area contributed by atoms with Gasteiger partial charge in [-0.25, -0.2) is 9.55 Å². The van der Waals surface area contributed by atoms with E-state index in [-0.39, 0.29) is 17.1 Å². The Kier molecular flexibility index (Phi) is 23.9. The number of rotatable bonds is 22. The Hall–Kier alpha value is -1.94. The lowest BCUT2D eigenvalue weighted by atomic mass is 10.1. The molecule has 3 heterocycles. The fourth-order valence-corrected chi connectivity index (χ4v) is 5.70. The van der Waals surface area contributed by atoms with Gasteiger partial charge < -0.3 is 40.3 Å². The minimum atomic E-state index is -4.76. The van der Waals surface area contributed by atoms with Crippen LogP contribution >= 0.6 is 7.82 Å². The van der Waals surface area contributed by atoms with Crippen molar-refractivity contribution in [3.63, 3.8) is 0 Å². The van der Waals surface area contributed by atoms with Gasteiger partial charge in [0.05, 0.1) is 12.9 Å². The fourth-order valence-electron chi connectivity index (χ4n) is 5.36. The van der Waals surface area contributed by atoms with Gasteiger partial charge in [-0.05, 0) is 77.8 Å². The Labute approximate surface area is 299 Å². The molecular formula is C34H68N7O8P. The lowest BCUT2D eigenvalue weighted by Crippen LogP contribution is -2.33. The molecule has 1 saturated heterocycles. The van der Waals surface area contributed by atoms with Crippen LogP contribution in [0.4, 0.5) is 5.95 Å². The smallest absolute Gasteiger partial charge is 0.387 e. The number of fused-ring (bicyclic) bond motifs is 1. The molecule has 7 N–H and O–H groups in total. The van der Waals surface area contributed by atoms with Crippen molar-refractivity contribution in [1.29, 1.82) is 0 Å². The zero-order valence-corrected chi connectivity index (χ0v) is 32.4. The number of hydrogen-bond donors (Lipinski definition) is 6. The van der Waals surface area contributed by atoms with Gasteiger partial charge in [0, 0.05) is 0 Å². The summed E-state index contributed by atoms with van der Waals surface area (Å²) < 4.78 is 21.6. The molecule has 3 rings (SSSR count). The van der Waals surface area contributed by atoms with Crippen LogP contribution in [-0.2, 0) is 13.8 Å². The standard InChI is InChI=1S/2C12H27N.C10H14N5O8P/c2*1-4-7-10-13(11-8-5-2)12-9-6-3;11-10-13-7-4(8(18)14-10)12-2-15(7)9-6(17)5(16)3(23-9)1-22-24(19,20)21/h2*4-12H2,1-3H3;2-3,5-6,9,16-17H,1H2,(H2,19,20,21)(H3,11,13,14,18)/t;;3-,5-,6-,9-/m..1/s1. The average Bonchev–Trinajstić information content (AvgIpc) is 3.63. The minimum Gasteiger partial charge on any atom is -0.387 e. The zero-order chi connectivity index (χ0) is 37.5. The summed E-state index contributed by atoms with van der Waals surface area (Å²) in [6, 6.07) is 0. The maximum Gasteiger partial charge on any atom is 0.469 e. The third kappa shape index (κ3) is 17.5. The molecule has 4 atom stereocenters. The second kappa shape index (κ2) is 25.9. The summed E-state index contributed by atoms with van der Waals surface area (Å²) in [4.78, 5) is 44.4. The first-order valence-electron chi connectivity index (χ1n) is 18.8. The van der Waals surface area contributed by atoms with Crippen LogP contribution in [0.25, 0.3) is 11.2 Å². The number of ether oxygens (including phenoxy) is 1. The van der Waals surface area contributed by atoms with E-state index in [0.29, 0.717) is 0 Å². The van der Waals surface area contributed by atoms with E-state index in [1.807, 2.05) is 0 Å². The average molecular weight is 734 g/mol. The molecule has 0 aromatic carbocycles. The molecule has 50 heavy (non-hydrogen) atoms. The van der Waals surface area contributed by atoms with Crippen LogP contribution in [0.15, 0.2) is 11.1 Å². The van der Waals surface area contributed by atoms with E-state index in [1.165, 1.54) is 127 Å². The number of H-pyrrole nitrogens is 1. The van der Waals surface area contributed by atoms with Gasteiger partial charge in [-0.2, -0.15) is 4.98 Å². The highest BCUT2D eigenvalue weighted by molar-refractivity contribution is 7.46. The molecule has 0 saturated carbocycles. The van der Waals surface area contributed by atoms with Gasteiger partial charge in [-0.3, -0.25) is 18.9 Å². The van der Waals surface area contributed by atoms with Gasteiger partial charge in [0.2, 0.25) is 5.95 Å². The molecule has 2 aromatic rings. The molecule has 1 aliphatic rings. The number of imidazole rings is 1. The molecule has 0 bridgehead atoms. The van der Waals surface area contributed by atoms with E-state index >= 15 is 0 Å². The quantitative estimate of drug-likeness (QED) is 0.0899. The summed E-state index contributed by atoms with van der Waals surface area (Å²) in [6.45, 7) is 20.9. The Morgan fingerprint density at radius 3 is 1.62 bits per heavy atom. The van der Waals surface area contributed by atoms with Crippen LogP contribution in [0.3, 0.4) is 0 Å². The van der Waals surface area contributed by atoms with Crippen molar-refractivity contribution < 1.29 is 33.8 Å². The lowest BCUT2D eigenvalue weighted by Gasteiger charge is -2.21. The molecule has 1 fully saturated rings. The number of hydrogen-bond acceptors (Lipinski definition) is 11. The third-order valence-electron chi connectivity index (χ3n) is 8.44. The van der Waals surface area contributed by atoms with Gasteiger partial charge in [0.1, 0.15) is 18.3 Å². The number of aromatic nitrogens is 4. The van der Waals surface area contributed by atoms with Crippen LogP contribution in [0.2, 0.25) is 0 Å². The van der Waals surface area contributed by atoms with Crippen molar-refractivity contribution in [1.82, 2.24) is 29.3 Å². The molecule has 292 valence electrons. The van der Waals surface area contributed by atoms with E-state index in [9.17, 15) is 19.6 Å². The highest BCUT2D eigenvalue weighted by Crippen LogP contribution is 2.38. The van der Waals surface area contributed by atoms with Crippen LogP contribution in [0.1, 0.15) is 125 Å². The third-order valence-corrected chi connectivity index (χ3v) is 8.92. The number of phosphoric ester groups is 1. The van der Waals surface area contributed by atoms with Crippen LogP contribution in [0, 0.1) is 0 Å². The van der Waals surface area contributed by atoms with E-state index in [2.05, 4.69) is 70.8 Å². The van der Waals surface area contributed by atoms with Crippen molar-refractivity contribution >= 4 is 24.9 Å². The maximum absolute atomic E-state index is 11.7. The van der Waals surface area contributed by atoms with Crippen LogP contribution in [0.5, 0.6) is 0 Å². The maximum atomic E-state index is 11.7. The SMILES string of the molecule is CCCCN(CCCC)CCCC.CCCCN(CCCC)CCCC.Nc1nc2c(ncn2[C@@H]2O[C@H](COP(=O)(O)O)[C@@H](O)[C@H]2O)c(=O)[nH]1. The Morgan fingerprint density at radius 1 is 0.820 bits per heavy atom. The van der Waals surface area contributed by atoms with Gasteiger partial charge in [0.15, 0.2) is 17.4 Å². The predicted octanol–water partition coefficient (Wildman–Crippen LogP) is 4.81. The number of nitrogens with zero attached hydrogens (tertiary/aromatic N) is 5. The highest BCUT2D eigenvalue weighted by Gasteiger charge is 2.45. The summed E-state index contributed by atoms with van der Waals surface area (Å²) in [5.41, 5.74) is 4.84. The second-order valence-corrected chi connectivity index (χ2v) is 14.2. The molecular weight excluding hydrogens is 665 g/mol. The Morgan fingerprint density at radius 2 is 1.24 bits per heavy atom. The molecule has 0 aliphatic carbocycles. The van der Waals surface area contributed by atoms with Gasteiger partial charge >= 0.3 is 7.82 Å². The van der Waals surface area contributed by atoms with Crippen LogP contribution < -0.4 is 11.3 Å². The number of aromatic amines is 1. The number of phosphoric acid groups is 1. The first-order valence-corrected chi connectivity index (χ1v) is 20.3. The van der Waals surface area contributed by atoms with Crippen molar-refractivity contribution in [2.75, 3.05) is 51.6 Å². The van der Waals surface area contributed by atoms with Gasteiger partial charge in [-0.1, -0.05) is 80.1 Å². The monoisotopic (exact) mass is 733 g/mol. The van der Waals surface area contributed by atoms with Crippen molar-refractivity contribution in [2.24, 2.45) is 0 Å². The first-order chi connectivity index (χ1) is 23.9. The Bertz CT molecular complexity index is 1200. The number of aliphatic hydroxyl groups is 2. The molecule has 16 heteroatoms. The first kappa shape index (κ1) is 46.1. The molecule has 0 amide bonds. The van der Waals surface area contributed by atoms with E-state index in [4.69, 9.17) is 20.3 Å². The molecule has 1 aliphatic heterocycles. The van der Waals surface area contributed by atoms with Gasteiger partial charge in [0.25, 0.3) is 5.56 Å². The van der Waals surface area contributed by atoms with Gasteiger partial charge in [-0.15, -0.1) is 0 Å². The summed E-state index contributed by atoms with van der Waals surface area (Å²) >= 11 is 0. The highest BCUT2D eigenvalue weighted by atomic mass is 31.2. The van der Waals surface area contributed by atoms with Crippen molar-refractivity contribution in [3.8, 4) is 0 Å². The topological polar surface area (TPSA) is 213 Å². The van der Waals surface area contributed by atoms with Crippen LogP contribution in [-0.4, -0.2) is 114 Å². The van der Waals surface area contributed by atoms with Crippen molar-refractivity contribution in [3.05, 3.63) is 16.7 Å². The molecule has 0 spiro atoms. The summed E-state index contributed by atoms with van der Waals surface area (Å²) in [7, 11) is -4.76. The van der Waals surface area contributed by atoms with E-state index in [1.54, 1.807) is 0 Å². The molecule has 0 unspecified atom stereocenters. The number of nitrogens with two attached hydrogens (primary N) is 1. The number of nitrogens with one attached hydrogen (secondary N) is 1. The van der Waals surface area contributed by atoms with E-state index < -0.39 is 44.5 Å². The Balaban J connectivity index is 0.000000412.